The number of halogens is 1. The van der Waals surface area contributed by atoms with Gasteiger partial charge in [-0.15, -0.1) is 0 Å². The minimum absolute atomic E-state index is 0.276. The highest BCUT2D eigenvalue weighted by Gasteiger charge is 2.19. The van der Waals surface area contributed by atoms with Crippen molar-refractivity contribution in [2.24, 2.45) is 0 Å². The maximum Gasteiger partial charge on any atom is 0.223 e. The van der Waals surface area contributed by atoms with Crippen LogP contribution in [0.25, 0.3) is 11.3 Å². The van der Waals surface area contributed by atoms with Crippen molar-refractivity contribution < 1.29 is 9.13 Å². The fraction of sp³-hybridized carbons (Fsp3) is 0.286. The van der Waals surface area contributed by atoms with Gasteiger partial charge in [0.1, 0.15) is 11.4 Å². The molecule has 0 saturated carbocycles. The number of benzene rings is 1. The molecule has 1 N–H and O–H groups in total. The summed E-state index contributed by atoms with van der Waals surface area (Å²) in [5.74, 6) is 0.694. The first-order valence-electron chi connectivity index (χ1n) is 6.25. The lowest BCUT2D eigenvalue weighted by Crippen LogP contribution is -2.10. The smallest absolute Gasteiger partial charge is 0.223 e. The lowest BCUT2D eigenvalue weighted by molar-refractivity contribution is 0.289. The van der Waals surface area contributed by atoms with Gasteiger partial charge >= 0.3 is 0 Å². The lowest BCUT2D eigenvalue weighted by Gasteiger charge is -2.20. The van der Waals surface area contributed by atoms with Crippen LogP contribution in [0.5, 0.6) is 5.75 Å². The van der Waals surface area contributed by atoms with Crippen molar-refractivity contribution >= 4 is 5.95 Å². The number of para-hydroxylation sites is 1. The van der Waals surface area contributed by atoms with Crippen LogP contribution in [-0.4, -0.2) is 23.6 Å². The Morgan fingerprint density at radius 2 is 2.26 bits per heavy atom. The summed E-state index contributed by atoms with van der Waals surface area (Å²) in [6.07, 6.45) is 3.12. The van der Waals surface area contributed by atoms with Crippen molar-refractivity contribution in [2.45, 2.75) is 12.8 Å². The number of hydrogen-bond acceptors (Lipinski definition) is 4. The number of nitrogens with zero attached hydrogens (tertiary/aromatic N) is 2. The Balaban J connectivity index is 2.16. The number of anilines is 1. The van der Waals surface area contributed by atoms with Gasteiger partial charge < -0.3 is 10.1 Å². The molecule has 5 heteroatoms. The summed E-state index contributed by atoms with van der Waals surface area (Å²) < 4.78 is 19.6. The summed E-state index contributed by atoms with van der Waals surface area (Å²) >= 11 is 0. The van der Waals surface area contributed by atoms with Gasteiger partial charge in [-0.05, 0) is 24.5 Å². The third-order valence-corrected chi connectivity index (χ3v) is 3.16. The van der Waals surface area contributed by atoms with Crippen LogP contribution < -0.4 is 10.1 Å². The summed E-state index contributed by atoms with van der Waals surface area (Å²) in [6, 6.07) is 5.74. The van der Waals surface area contributed by atoms with Crippen LogP contribution in [0.15, 0.2) is 24.4 Å². The lowest BCUT2D eigenvalue weighted by atomic mass is 10.0. The van der Waals surface area contributed by atoms with E-state index in [1.165, 1.54) is 6.20 Å². The third kappa shape index (κ3) is 2.12. The van der Waals surface area contributed by atoms with Crippen molar-refractivity contribution in [3.63, 3.8) is 0 Å². The molecule has 0 atom stereocenters. The molecule has 1 aliphatic heterocycles. The molecule has 3 rings (SSSR count). The van der Waals surface area contributed by atoms with E-state index in [4.69, 9.17) is 4.74 Å². The number of aromatic nitrogens is 2. The molecule has 0 aliphatic carbocycles. The molecule has 1 aromatic heterocycles. The minimum Gasteiger partial charge on any atom is -0.493 e. The Hall–Kier alpha value is -2.17. The van der Waals surface area contributed by atoms with Gasteiger partial charge in [-0.25, -0.2) is 14.4 Å². The van der Waals surface area contributed by atoms with Crippen LogP contribution in [-0.2, 0) is 6.42 Å². The molecule has 98 valence electrons. The van der Waals surface area contributed by atoms with E-state index in [2.05, 4.69) is 15.3 Å². The number of aryl methyl sites for hydroxylation is 1. The highest BCUT2D eigenvalue weighted by Crippen LogP contribution is 2.36. The zero-order valence-corrected chi connectivity index (χ0v) is 10.6. The van der Waals surface area contributed by atoms with E-state index in [1.54, 1.807) is 7.05 Å². The van der Waals surface area contributed by atoms with Crippen molar-refractivity contribution in [1.82, 2.24) is 9.97 Å². The molecule has 2 aromatic rings. The van der Waals surface area contributed by atoms with Gasteiger partial charge in [-0.3, -0.25) is 0 Å². The molecule has 0 radical (unpaired) electrons. The summed E-state index contributed by atoms with van der Waals surface area (Å²) in [7, 11) is 1.70. The van der Waals surface area contributed by atoms with Crippen molar-refractivity contribution in [3.8, 4) is 17.0 Å². The molecule has 0 bridgehead atoms. The van der Waals surface area contributed by atoms with Gasteiger partial charge in [0.2, 0.25) is 5.95 Å². The Labute approximate surface area is 110 Å². The zero-order valence-electron chi connectivity index (χ0n) is 10.6. The van der Waals surface area contributed by atoms with E-state index < -0.39 is 5.82 Å². The highest BCUT2D eigenvalue weighted by atomic mass is 19.1. The largest absolute Gasteiger partial charge is 0.493 e. The van der Waals surface area contributed by atoms with Gasteiger partial charge in [0.25, 0.3) is 0 Å². The van der Waals surface area contributed by atoms with E-state index in [1.807, 2.05) is 18.2 Å². The second-order valence-corrected chi connectivity index (χ2v) is 4.39. The van der Waals surface area contributed by atoms with Crippen molar-refractivity contribution in [2.75, 3.05) is 19.0 Å². The fourth-order valence-corrected chi connectivity index (χ4v) is 2.25. The van der Waals surface area contributed by atoms with Gasteiger partial charge in [-0.2, -0.15) is 0 Å². The highest BCUT2D eigenvalue weighted by molar-refractivity contribution is 5.70. The molecule has 0 fully saturated rings. The number of nitrogens with one attached hydrogen (secondary N) is 1. The second-order valence-electron chi connectivity index (χ2n) is 4.39. The first-order valence-corrected chi connectivity index (χ1v) is 6.25. The summed E-state index contributed by atoms with van der Waals surface area (Å²) in [4.78, 5) is 8.05. The molecule has 2 heterocycles. The van der Waals surface area contributed by atoms with Crippen LogP contribution in [0.4, 0.5) is 10.3 Å². The quantitative estimate of drug-likeness (QED) is 0.900. The Morgan fingerprint density at radius 1 is 1.37 bits per heavy atom. The molecule has 1 aromatic carbocycles. The maximum absolute atomic E-state index is 14.0. The predicted octanol–water partition coefficient (Wildman–Crippen LogP) is 2.65. The molecule has 0 unspecified atom stereocenters. The monoisotopic (exact) mass is 259 g/mol. The van der Waals surface area contributed by atoms with Gasteiger partial charge in [0, 0.05) is 12.6 Å². The average molecular weight is 259 g/mol. The molecule has 19 heavy (non-hydrogen) atoms. The van der Waals surface area contributed by atoms with E-state index in [0.717, 1.165) is 24.2 Å². The number of rotatable bonds is 2. The minimum atomic E-state index is -0.443. The molecular weight excluding hydrogens is 245 g/mol. The van der Waals surface area contributed by atoms with E-state index >= 15 is 0 Å². The summed E-state index contributed by atoms with van der Waals surface area (Å²) in [6.45, 7) is 0.662. The van der Waals surface area contributed by atoms with Crippen LogP contribution in [0, 0.1) is 5.82 Å². The topological polar surface area (TPSA) is 47.0 Å². The first kappa shape index (κ1) is 11.9. The molecule has 0 saturated heterocycles. The maximum atomic E-state index is 14.0. The molecular formula is C14H14FN3O. The van der Waals surface area contributed by atoms with Crippen LogP contribution in [0.1, 0.15) is 12.0 Å². The average Bonchev–Trinajstić information content (AvgIpc) is 2.47. The second kappa shape index (κ2) is 4.84. The SMILES string of the molecule is CNc1ncc(F)c(-c2cccc3c2OCCC3)n1. The standard InChI is InChI=1S/C14H14FN3O/c1-16-14-17-8-11(15)12(18-14)10-6-2-4-9-5-3-7-19-13(9)10/h2,4,6,8H,3,5,7H2,1H3,(H,16,17,18). The number of hydrogen-bond donors (Lipinski definition) is 1. The molecule has 0 amide bonds. The molecule has 0 spiro atoms. The predicted molar refractivity (Wildman–Crippen MR) is 70.8 cm³/mol. The molecule has 4 nitrogen and oxygen atoms in total. The third-order valence-electron chi connectivity index (χ3n) is 3.16. The Morgan fingerprint density at radius 3 is 3.11 bits per heavy atom. The van der Waals surface area contributed by atoms with Crippen molar-refractivity contribution in [1.29, 1.82) is 0 Å². The van der Waals surface area contributed by atoms with Crippen LogP contribution >= 0.6 is 0 Å². The van der Waals surface area contributed by atoms with Crippen molar-refractivity contribution in [3.05, 3.63) is 35.8 Å². The van der Waals surface area contributed by atoms with E-state index in [9.17, 15) is 4.39 Å². The van der Waals surface area contributed by atoms with E-state index in [0.29, 0.717) is 18.1 Å². The van der Waals surface area contributed by atoms with Gasteiger partial charge in [0.15, 0.2) is 5.82 Å². The Kier molecular flexibility index (Phi) is 3.03. The fourth-order valence-electron chi connectivity index (χ4n) is 2.25. The van der Waals surface area contributed by atoms with Crippen LogP contribution in [0.3, 0.4) is 0 Å². The molecule has 1 aliphatic rings. The van der Waals surface area contributed by atoms with Crippen LogP contribution in [0.2, 0.25) is 0 Å². The normalized spacial score (nSPS) is 13.6. The van der Waals surface area contributed by atoms with Gasteiger partial charge in [0.05, 0.1) is 12.8 Å². The first-order chi connectivity index (χ1) is 9.29. The van der Waals surface area contributed by atoms with Gasteiger partial charge in [-0.1, -0.05) is 12.1 Å². The summed E-state index contributed by atoms with van der Waals surface area (Å²) in [5.41, 5.74) is 2.07. The zero-order chi connectivity index (χ0) is 13.2. The van der Waals surface area contributed by atoms with E-state index in [-0.39, 0.29) is 5.69 Å². The summed E-state index contributed by atoms with van der Waals surface area (Å²) in [5, 5.41) is 2.81. The Bertz CT molecular complexity index is 616. The number of fused-ring (bicyclic) bond motifs is 1. The number of ether oxygens (including phenoxy) is 1.